The first-order valence-corrected chi connectivity index (χ1v) is 26.8. The van der Waals surface area contributed by atoms with Gasteiger partial charge in [-0.25, -0.2) is 0 Å². The van der Waals surface area contributed by atoms with E-state index >= 15 is 0 Å². The lowest BCUT2D eigenvalue weighted by atomic mass is 9.83. The molecule has 0 fully saturated rings. The minimum absolute atomic E-state index is 0.387. The molecule has 0 unspecified atom stereocenters. The molecule has 0 N–H and O–H groups in total. The van der Waals surface area contributed by atoms with Gasteiger partial charge in [-0.3, -0.25) is 0 Å². The van der Waals surface area contributed by atoms with Crippen LogP contribution in [0, 0.1) is 0 Å². The van der Waals surface area contributed by atoms with Crippen molar-refractivity contribution in [2.45, 2.75) is 25.7 Å². The van der Waals surface area contributed by atoms with Crippen LogP contribution in [0.2, 0.25) is 0 Å². The molecule has 0 spiro atoms. The second kappa shape index (κ2) is 19.9. The highest BCUT2D eigenvalue weighted by Crippen LogP contribution is 2.50. The third-order valence-electron chi connectivity index (χ3n) is 11.4. The van der Waals surface area contributed by atoms with Crippen molar-refractivity contribution in [2.75, 3.05) is 0 Å². The predicted molar refractivity (Wildman–Crippen MR) is 281 cm³/mol. The van der Waals surface area contributed by atoms with E-state index in [2.05, 4.69) is 257 Å². The fourth-order valence-corrected chi connectivity index (χ4v) is 20.9. The van der Waals surface area contributed by atoms with E-state index in [-0.39, 0.29) is 0 Å². The topological polar surface area (TPSA) is 17.1 Å². The Balaban J connectivity index is 1.61. The summed E-state index contributed by atoms with van der Waals surface area (Å²) < 4.78 is 0. The van der Waals surface area contributed by atoms with Crippen LogP contribution in [0.25, 0.3) is 0 Å². The van der Waals surface area contributed by atoms with Crippen molar-refractivity contribution in [1.82, 2.24) is 0 Å². The second-order valence-electron chi connectivity index (χ2n) is 16.1. The molecular formula is C58H49OP4-. The summed E-state index contributed by atoms with van der Waals surface area (Å²) in [4.78, 5) is 13.3. The van der Waals surface area contributed by atoms with Gasteiger partial charge < -0.3 is 4.79 Å². The average molecular weight is 886 g/mol. The van der Waals surface area contributed by atoms with Gasteiger partial charge >= 0.3 is 0 Å². The Hall–Kier alpha value is -5.50. The predicted octanol–water partition coefficient (Wildman–Crippen LogP) is 9.30. The average Bonchev–Trinajstić information content (AvgIpc) is 3.66. The maximum absolute atomic E-state index is 13.3. The van der Waals surface area contributed by atoms with Crippen molar-refractivity contribution in [3.05, 3.63) is 248 Å². The van der Waals surface area contributed by atoms with Gasteiger partial charge in [-0.2, -0.15) is 0 Å². The molecule has 9 aromatic carbocycles. The van der Waals surface area contributed by atoms with Gasteiger partial charge in [0.25, 0.3) is 0 Å². The standard InChI is InChI=1S/C58H49OP4/c1-58(2,43-44-59)53-54(60(45-27-11-3-12-28-45)46-29-13-4-14-30-46)56(62(49-35-19-7-20-36-49)50-37-21-8-22-38-50)57(63(51-39-23-9-24-40-51)52-41-25-10-26-42-52)55(53)61(47-31-15-5-16-32-47)48-33-17-6-18-34-48/h3-42,44H,43H2,1-2H3/q-1. The lowest BCUT2D eigenvalue weighted by molar-refractivity contribution is -0.108. The molecule has 9 aromatic rings. The van der Waals surface area contributed by atoms with Gasteiger partial charge in [0.2, 0.25) is 0 Å². The van der Waals surface area contributed by atoms with Crippen LogP contribution in [-0.2, 0) is 10.2 Å². The minimum atomic E-state index is -1.18. The summed E-state index contributed by atoms with van der Waals surface area (Å²) in [7, 11) is -4.70. The monoisotopic (exact) mass is 885 g/mol. The summed E-state index contributed by atoms with van der Waals surface area (Å²) in [5.74, 6) is 0. The number of rotatable bonds is 15. The van der Waals surface area contributed by atoms with Gasteiger partial charge in [-0.15, -0.1) is 26.8 Å². The Morgan fingerprint density at radius 2 is 0.524 bits per heavy atom. The number of hydrogen-bond donors (Lipinski definition) is 0. The largest absolute Gasteiger partial charge is 0.303 e. The molecule has 308 valence electrons. The van der Waals surface area contributed by atoms with Crippen LogP contribution in [-0.4, -0.2) is 6.29 Å². The molecule has 0 bridgehead atoms. The Kier molecular flexibility index (Phi) is 13.5. The molecule has 1 nitrogen and oxygen atoms in total. The zero-order chi connectivity index (χ0) is 43.0. The molecule has 0 aliphatic heterocycles. The number of carbonyl (C=O) groups excluding carboxylic acids is 1. The normalized spacial score (nSPS) is 11.7. The molecular weight excluding hydrogens is 837 g/mol. The summed E-state index contributed by atoms with van der Waals surface area (Å²) in [5, 5.41) is 16.1. The first-order chi connectivity index (χ1) is 31.0. The van der Waals surface area contributed by atoms with Gasteiger partial charge in [0.1, 0.15) is 6.29 Å². The lowest BCUT2D eigenvalue weighted by Crippen LogP contribution is -2.43. The van der Waals surface area contributed by atoms with Crippen LogP contribution < -0.4 is 63.7 Å². The zero-order valence-electron chi connectivity index (χ0n) is 35.6. The number of hydrogen-bond acceptors (Lipinski definition) is 1. The molecule has 0 amide bonds. The van der Waals surface area contributed by atoms with Crippen molar-refractivity contribution in [3.8, 4) is 0 Å². The summed E-state index contributed by atoms with van der Waals surface area (Å²) in [5.41, 5.74) is 0.784. The Morgan fingerprint density at radius 1 is 0.333 bits per heavy atom. The maximum atomic E-state index is 13.3. The van der Waals surface area contributed by atoms with E-state index in [1.54, 1.807) is 0 Å². The Morgan fingerprint density at radius 3 is 0.714 bits per heavy atom. The van der Waals surface area contributed by atoms with Crippen molar-refractivity contribution in [2.24, 2.45) is 0 Å². The SMILES string of the molecule is CC(C)(CC=O)[c-]1c(P(c2ccccc2)c2ccccc2)c(P(c2ccccc2)c2ccccc2)c(P(c2ccccc2)c2ccccc2)c1P(c1ccccc1)c1ccccc1. The second-order valence-corrected chi connectivity index (χ2v) is 24.7. The van der Waals surface area contributed by atoms with Crippen LogP contribution in [0.15, 0.2) is 243 Å². The quantitative estimate of drug-likeness (QED) is 0.0571. The van der Waals surface area contributed by atoms with Crippen molar-refractivity contribution >= 4 is 102 Å². The van der Waals surface area contributed by atoms with Gasteiger partial charge in [-0.1, -0.05) is 272 Å². The molecule has 0 heterocycles. The molecule has 0 aliphatic carbocycles. The number of aldehydes is 1. The molecule has 0 aliphatic rings. The molecule has 9 rings (SSSR count). The van der Waals surface area contributed by atoms with Gasteiger partial charge in [0.15, 0.2) is 0 Å². The van der Waals surface area contributed by atoms with Gasteiger partial charge in [0, 0.05) is 6.42 Å². The van der Waals surface area contributed by atoms with Crippen LogP contribution in [0.5, 0.6) is 0 Å². The Labute approximate surface area is 378 Å². The molecule has 0 saturated heterocycles. The molecule has 5 heteroatoms. The fourth-order valence-electron chi connectivity index (χ4n) is 8.63. The summed E-state index contributed by atoms with van der Waals surface area (Å²) in [6.45, 7) is 4.68. The van der Waals surface area contributed by atoms with Crippen molar-refractivity contribution in [3.63, 3.8) is 0 Å². The smallest absolute Gasteiger partial charge is 0.119 e. The van der Waals surface area contributed by atoms with Gasteiger partial charge in [-0.05, 0) is 63.7 Å². The van der Waals surface area contributed by atoms with Crippen LogP contribution in [0.4, 0.5) is 0 Å². The van der Waals surface area contributed by atoms with Crippen LogP contribution in [0.3, 0.4) is 0 Å². The van der Waals surface area contributed by atoms with E-state index < -0.39 is 37.1 Å². The lowest BCUT2D eigenvalue weighted by Gasteiger charge is -2.39. The van der Waals surface area contributed by atoms with E-state index in [0.29, 0.717) is 6.42 Å². The van der Waals surface area contributed by atoms with Crippen LogP contribution in [0.1, 0.15) is 25.8 Å². The molecule has 0 atom stereocenters. The van der Waals surface area contributed by atoms with E-state index in [4.69, 9.17) is 0 Å². The molecule has 63 heavy (non-hydrogen) atoms. The minimum Gasteiger partial charge on any atom is -0.303 e. The third-order valence-corrected chi connectivity index (χ3v) is 22.0. The molecule has 0 saturated carbocycles. The van der Waals surface area contributed by atoms with Crippen molar-refractivity contribution < 1.29 is 4.79 Å². The number of carbonyl (C=O) groups is 1. The highest BCUT2D eigenvalue weighted by molar-refractivity contribution is 7.91. The first-order valence-electron chi connectivity index (χ1n) is 21.5. The van der Waals surface area contributed by atoms with E-state index in [0.717, 1.165) is 6.29 Å². The number of benzene rings is 8. The first kappa shape index (κ1) is 42.8. The summed E-state index contributed by atoms with van der Waals surface area (Å²) in [6, 6.07) is 90.0. The van der Waals surface area contributed by atoms with E-state index in [1.807, 2.05) is 0 Å². The van der Waals surface area contributed by atoms with E-state index in [9.17, 15) is 4.79 Å². The summed E-state index contributed by atoms with van der Waals surface area (Å²) in [6.07, 6.45) is 1.55. The Bertz CT molecular complexity index is 2490. The fraction of sp³-hybridized carbons (Fsp3) is 0.0690. The molecule has 0 radical (unpaired) electrons. The van der Waals surface area contributed by atoms with E-state index in [1.165, 1.54) is 69.2 Å². The summed E-state index contributed by atoms with van der Waals surface area (Å²) >= 11 is 0. The third kappa shape index (κ3) is 9.01. The molecule has 0 aromatic heterocycles. The maximum Gasteiger partial charge on any atom is 0.119 e. The van der Waals surface area contributed by atoms with Gasteiger partial charge in [0.05, 0.1) is 0 Å². The zero-order valence-corrected chi connectivity index (χ0v) is 39.2. The highest BCUT2D eigenvalue weighted by atomic mass is 31.1. The van der Waals surface area contributed by atoms with Crippen LogP contribution >= 0.6 is 31.7 Å². The van der Waals surface area contributed by atoms with Crippen molar-refractivity contribution in [1.29, 1.82) is 0 Å². The highest BCUT2D eigenvalue weighted by Gasteiger charge is 2.37.